The highest BCUT2D eigenvalue weighted by Crippen LogP contribution is 2.18. The average Bonchev–Trinajstić information content (AvgIpc) is 2.91. The predicted octanol–water partition coefficient (Wildman–Crippen LogP) is 2.63. The Balaban J connectivity index is 1.75. The van der Waals surface area contributed by atoms with Gasteiger partial charge in [0.25, 0.3) is 0 Å². The quantitative estimate of drug-likeness (QED) is 0.873. The lowest BCUT2D eigenvalue weighted by atomic mass is 10.2. The summed E-state index contributed by atoms with van der Waals surface area (Å²) in [6.07, 6.45) is 4.73. The Hall–Kier alpha value is -1.13. The number of amides is 1. The third-order valence-corrected chi connectivity index (χ3v) is 3.71. The van der Waals surface area contributed by atoms with Gasteiger partial charge in [0.05, 0.1) is 11.6 Å². The molecule has 0 spiro atoms. The SMILES string of the molecule is O=C(CNC1CCCC1)NCc1cccc(Cl)c1F. The van der Waals surface area contributed by atoms with Crippen molar-refractivity contribution >= 4 is 17.5 Å². The van der Waals surface area contributed by atoms with Crippen LogP contribution in [0.5, 0.6) is 0 Å². The van der Waals surface area contributed by atoms with Gasteiger partial charge in [-0.15, -0.1) is 0 Å². The first-order chi connectivity index (χ1) is 9.16. The van der Waals surface area contributed by atoms with E-state index in [0.717, 1.165) is 12.8 Å². The summed E-state index contributed by atoms with van der Waals surface area (Å²) in [7, 11) is 0. The molecule has 19 heavy (non-hydrogen) atoms. The number of hydrogen-bond donors (Lipinski definition) is 2. The van der Waals surface area contributed by atoms with Crippen molar-refractivity contribution in [2.45, 2.75) is 38.3 Å². The number of rotatable bonds is 5. The van der Waals surface area contributed by atoms with Gasteiger partial charge in [0.15, 0.2) is 0 Å². The molecular weight excluding hydrogens is 267 g/mol. The van der Waals surface area contributed by atoms with E-state index in [2.05, 4.69) is 10.6 Å². The normalized spacial score (nSPS) is 15.7. The zero-order valence-electron chi connectivity index (χ0n) is 10.7. The summed E-state index contributed by atoms with van der Waals surface area (Å²) in [6, 6.07) is 5.23. The molecular formula is C14H18ClFN2O. The highest BCUT2D eigenvalue weighted by atomic mass is 35.5. The maximum atomic E-state index is 13.6. The third-order valence-electron chi connectivity index (χ3n) is 3.41. The molecule has 1 fully saturated rings. The van der Waals surface area contributed by atoms with Crippen LogP contribution in [0.15, 0.2) is 18.2 Å². The van der Waals surface area contributed by atoms with E-state index in [1.165, 1.54) is 18.9 Å². The molecule has 104 valence electrons. The van der Waals surface area contributed by atoms with Crippen LogP contribution in [0, 0.1) is 5.82 Å². The molecule has 0 bridgehead atoms. The highest BCUT2D eigenvalue weighted by molar-refractivity contribution is 6.30. The largest absolute Gasteiger partial charge is 0.351 e. The van der Waals surface area contributed by atoms with Crippen molar-refractivity contribution in [3.05, 3.63) is 34.6 Å². The van der Waals surface area contributed by atoms with Gasteiger partial charge in [0.1, 0.15) is 5.82 Å². The van der Waals surface area contributed by atoms with Crippen molar-refractivity contribution in [3.63, 3.8) is 0 Å². The number of nitrogens with one attached hydrogen (secondary N) is 2. The topological polar surface area (TPSA) is 41.1 Å². The van der Waals surface area contributed by atoms with Gasteiger partial charge in [-0.1, -0.05) is 36.6 Å². The summed E-state index contributed by atoms with van der Waals surface area (Å²) in [5.41, 5.74) is 0.404. The van der Waals surface area contributed by atoms with Gasteiger partial charge >= 0.3 is 0 Å². The van der Waals surface area contributed by atoms with E-state index < -0.39 is 5.82 Å². The van der Waals surface area contributed by atoms with E-state index in [0.29, 0.717) is 11.6 Å². The van der Waals surface area contributed by atoms with Gasteiger partial charge < -0.3 is 10.6 Å². The number of carbonyl (C=O) groups is 1. The molecule has 0 heterocycles. The Morgan fingerprint density at radius 1 is 1.37 bits per heavy atom. The highest BCUT2D eigenvalue weighted by Gasteiger charge is 2.15. The van der Waals surface area contributed by atoms with Gasteiger partial charge in [-0.3, -0.25) is 4.79 Å². The number of halogens is 2. The molecule has 1 aromatic rings. The zero-order chi connectivity index (χ0) is 13.7. The van der Waals surface area contributed by atoms with Crippen LogP contribution in [0.4, 0.5) is 4.39 Å². The minimum atomic E-state index is -0.465. The Kier molecular flexibility index (Phi) is 5.16. The van der Waals surface area contributed by atoms with Crippen LogP contribution in [-0.2, 0) is 11.3 Å². The predicted molar refractivity (Wildman–Crippen MR) is 73.5 cm³/mol. The van der Waals surface area contributed by atoms with E-state index in [-0.39, 0.29) is 24.0 Å². The van der Waals surface area contributed by atoms with Crippen LogP contribution < -0.4 is 10.6 Å². The van der Waals surface area contributed by atoms with Crippen LogP contribution in [0.25, 0.3) is 0 Å². The third kappa shape index (κ3) is 4.18. The van der Waals surface area contributed by atoms with Gasteiger partial charge in [0, 0.05) is 18.2 Å². The molecule has 0 aliphatic heterocycles. The molecule has 0 aromatic heterocycles. The summed E-state index contributed by atoms with van der Waals surface area (Å²) in [5.74, 6) is -0.584. The lowest BCUT2D eigenvalue weighted by Gasteiger charge is -2.12. The zero-order valence-corrected chi connectivity index (χ0v) is 11.5. The van der Waals surface area contributed by atoms with Gasteiger partial charge in [-0.05, 0) is 18.9 Å². The summed E-state index contributed by atoms with van der Waals surface area (Å²) >= 11 is 5.68. The van der Waals surface area contributed by atoms with Crippen LogP contribution in [0.3, 0.4) is 0 Å². The van der Waals surface area contributed by atoms with E-state index in [1.54, 1.807) is 12.1 Å². The maximum absolute atomic E-state index is 13.6. The fourth-order valence-corrected chi connectivity index (χ4v) is 2.50. The van der Waals surface area contributed by atoms with Crippen molar-refractivity contribution < 1.29 is 9.18 Å². The second-order valence-corrected chi connectivity index (χ2v) is 5.26. The molecule has 1 amide bonds. The van der Waals surface area contributed by atoms with E-state index in [4.69, 9.17) is 11.6 Å². The van der Waals surface area contributed by atoms with Crippen molar-refractivity contribution in [1.29, 1.82) is 0 Å². The van der Waals surface area contributed by atoms with E-state index in [9.17, 15) is 9.18 Å². The Bertz CT molecular complexity index is 447. The first-order valence-electron chi connectivity index (χ1n) is 6.60. The van der Waals surface area contributed by atoms with E-state index in [1.807, 2.05) is 0 Å². The fourth-order valence-electron chi connectivity index (χ4n) is 2.31. The second kappa shape index (κ2) is 6.87. The van der Waals surface area contributed by atoms with Crippen molar-refractivity contribution in [3.8, 4) is 0 Å². The summed E-state index contributed by atoms with van der Waals surface area (Å²) in [6.45, 7) is 0.449. The Labute approximate surface area is 117 Å². The lowest BCUT2D eigenvalue weighted by Crippen LogP contribution is -2.37. The number of carbonyl (C=O) groups excluding carboxylic acids is 1. The summed E-state index contributed by atoms with van der Waals surface area (Å²) < 4.78 is 13.6. The van der Waals surface area contributed by atoms with Crippen molar-refractivity contribution in [2.75, 3.05) is 6.54 Å². The maximum Gasteiger partial charge on any atom is 0.234 e. The molecule has 1 aromatic carbocycles. The molecule has 0 unspecified atom stereocenters. The van der Waals surface area contributed by atoms with Crippen LogP contribution in [-0.4, -0.2) is 18.5 Å². The fraction of sp³-hybridized carbons (Fsp3) is 0.500. The molecule has 1 saturated carbocycles. The Morgan fingerprint density at radius 2 is 2.11 bits per heavy atom. The number of hydrogen-bond acceptors (Lipinski definition) is 2. The molecule has 0 radical (unpaired) electrons. The van der Waals surface area contributed by atoms with Gasteiger partial charge in [-0.25, -0.2) is 4.39 Å². The van der Waals surface area contributed by atoms with E-state index >= 15 is 0 Å². The number of benzene rings is 1. The van der Waals surface area contributed by atoms with Gasteiger partial charge in [-0.2, -0.15) is 0 Å². The lowest BCUT2D eigenvalue weighted by molar-refractivity contribution is -0.120. The standard InChI is InChI=1S/C14H18ClFN2O/c15-12-7-3-4-10(14(12)16)8-18-13(19)9-17-11-5-1-2-6-11/h3-4,7,11,17H,1-2,5-6,8-9H2,(H,18,19). The molecule has 0 atom stereocenters. The van der Waals surface area contributed by atoms with Gasteiger partial charge in [0.2, 0.25) is 5.91 Å². The molecule has 1 aliphatic carbocycles. The smallest absolute Gasteiger partial charge is 0.234 e. The van der Waals surface area contributed by atoms with Crippen LogP contribution in [0.1, 0.15) is 31.2 Å². The molecule has 2 rings (SSSR count). The average molecular weight is 285 g/mol. The second-order valence-electron chi connectivity index (χ2n) is 4.85. The van der Waals surface area contributed by atoms with Crippen LogP contribution >= 0.6 is 11.6 Å². The molecule has 0 saturated heterocycles. The first-order valence-corrected chi connectivity index (χ1v) is 6.97. The molecule has 2 N–H and O–H groups in total. The minimum absolute atomic E-state index is 0.0795. The summed E-state index contributed by atoms with van der Waals surface area (Å²) in [4.78, 5) is 11.6. The Morgan fingerprint density at radius 3 is 2.84 bits per heavy atom. The molecule has 3 nitrogen and oxygen atoms in total. The molecule has 1 aliphatic rings. The summed E-state index contributed by atoms with van der Waals surface area (Å²) in [5, 5.41) is 5.98. The minimum Gasteiger partial charge on any atom is -0.351 e. The first kappa shape index (κ1) is 14.3. The van der Waals surface area contributed by atoms with Crippen molar-refractivity contribution in [1.82, 2.24) is 10.6 Å². The monoisotopic (exact) mass is 284 g/mol. The molecule has 5 heteroatoms. The van der Waals surface area contributed by atoms with Crippen molar-refractivity contribution in [2.24, 2.45) is 0 Å². The van der Waals surface area contributed by atoms with Crippen LogP contribution in [0.2, 0.25) is 5.02 Å².